The number of alkyl halides is 5. The maximum atomic E-state index is 14.1. The Balaban J connectivity index is 1.94. The van der Waals surface area contributed by atoms with Gasteiger partial charge in [-0.25, -0.2) is 13.8 Å². The summed E-state index contributed by atoms with van der Waals surface area (Å²) in [6.07, 6.45) is -4.88. The van der Waals surface area contributed by atoms with Crippen LogP contribution in [-0.2, 0) is 11.5 Å². The van der Waals surface area contributed by atoms with Gasteiger partial charge in [-0.15, -0.1) is 0 Å². The second-order valence-corrected chi connectivity index (χ2v) is 17.1. The Morgan fingerprint density at radius 2 is 1.92 bits per heavy atom. The normalized spacial score (nSPS) is 21.5. The van der Waals surface area contributed by atoms with Crippen LogP contribution in [0.1, 0.15) is 62.4 Å². The second-order valence-electron chi connectivity index (χ2n) is 11.5. The Morgan fingerprint density at radius 1 is 1.22 bits per heavy atom. The second kappa shape index (κ2) is 11.0. The van der Waals surface area contributed by atoms with E-state index >= 15 is 0 Å². The monoisotopic (exact) mass is 534 g/mol. The number of rotatable bonds is 10. The highest BCUT2D eigenvalue weighted by molar-refractivity contribution is 6.76. The molecule has 0 radical (unpaired) electrons. The zero-order chi connectivity index (χ0) is 26.9. The van der Waals surface area contributed by atoms with E-state index in [0.29, 0.717) is 41.9 Å². The van der Waals surface area contributed by atoms with Crippen LogP contribution in [0.25, 0.3) is 11.0 Å². The minimum Gasteiger partial charge on any atom is -0.361 e. The van der Waals surface area contributed by atoms with Gasteiger partial charge in [0.05, 0.1) is 23.5 Å². The molecule has 1 aliphatic carbocycles. The van der Waals surface area contributed by atoms with Crippen molar-refractivity contribution < 1.29 is 26.7 Å². The number of aromatic nitrogens is 2. The fraction of sp³-hybridized carbons (Fsp3) is 0.720. The third-order valence-corrected chi connectivity index (χ3v) is 8.84. The van der Waals surface area contributed by atoms with Crippen LogP contribution < -0.4 is 11.5 Å². The summed E-state index contributed by atoms with van der Waals surface area (Å²) in [5.41, 5.74) is 14.3. The van der Waals surface area contributed by atoms with Gasteiger partial charge in [0.15, 0.2) is 0 Å². The molecule has 1 heterocycles. The molecule has 0 amide bonds. The summed E-state index contributed by atoms with van der Waals surface area (Å²) in [7, 11) is -1.33. The molecule has 36 heavy (non-hydrogen) atoms. The molecule has 0 bridgehead atoms. The summed E-state index contributed by atoms with van der Waals surface area (Å²) >= 11 is 0. The first-order valence-corrected chi connectivity index (χ1v) is 16.3. The first-order chi connectivity index (χ1) is 16.6. The van der Waals surface area contributed by atoms with Crippen molar-refractivity contribution in [1.82, 2.24) is 9.55 Å². The van der Waals surface area contributed by atoms with Crippen LogP contribution in [0.3, 0.4) is 0 Å². The topological polar surface area (TPSA) is 79.1 Å². The largest absolute Gasteiger partial charge is 0.390 e. The van der Waals surface area contributed by atoms with Gasteiger partial charge < -0.3 is 20.8 Å². The van der Waals surface area contributed by atoms with Crippen LogP contribution in [-0.4, -0.2) is 42.4 Å². The molecule has 1 unspecified atom stereocenters. The van der Waals surface area contributed by atoms with Crippen molar-refractivity contribution >= 4 is 19.1 Å². The molecule has 1 aromatic carbocycles. The zero-order valence-corrected chi connectivity index (χ0v) is 22.5. The lowest BCUT2D eigenvalue weighted by molar-refractivity contribution is -0.139. The van der Waals surface area contributed by atoms with E-state index in [1.54, 1.807) is 29.7 Å². The highest BCUT2D eigenvalue weighted by Gasteiger charge is 2.40. The Morgan fingerprint density at radius 3 is 2.53 bits per heavy atom. The molecule has 4 N–H and O–H groups in total. The van der Waals surface area contributed by atoms with Gasteiger partial charge in [0.1, 0.15) is 12.6 Å². The van der Waals surface area contributed by atoms with E-state index in [1.165, 1.54) is 0 Å². The van der Waals surface area contributed by atoms with Crippen molar-refractivity contribution in [2.45, 2.75) is 102 Å². The van der Waals surface area contributed by atoms with E-state index in [2.05, 4.69) is 24.6 Å². The lowest BCUT2D eigenvalue weighted by Gasteiger charge is -2.32. The fourth-order valence-corrected chi connectivity index (χ4v) is 5.54. The molecule has 1 fully saturated rings. The third kappa shape index (κ3) is 7.72. The first kappa shape index (κ1) is 29.0. The zero-order valence-electron chi connectivity index (χ0n) is 21.5. The van der Waals surface area contributed by atoms with E-state index in [4.69, 9.17) is 16.2 Å². The van der Waals surface area contributed by atoms with Crippen molar-refractivity contribution in [3.05, 3.63) is 29.6 Å². The number of nitrogens with zero attached hydrogens (tertiary/aromatic N) is 2. The van der Waals surface area contributed by atoms with Gasteiger partial charge in [-0.05, 0) is 48.4 Å². The molecule has 1 saturated carbocycles. The van der Waals surface area contributed by atoms with Gasteiger partial charge in [-0.2, -0.15) is 13.2 Å². The predicted molar refractivity (Wildman–Crippen MR) is 135 cm³/mol. The highest BCUT2D eigenvalue weighted by Crippen LogP contribution is 2.42. The summed E-state index contributed by atoms with van der Waals surface area (Å²) in [6.45, 7) is 9.07. The van der Waals surface area contributed by atoms with Crippen LogP contribution in [0.5, 0.6) is 0 Å². The molecule has 2 aromatic rings. The Hall–Kier alpha value is -1.56. The van der Waals surface area contributed by atoms with Crippen molar-refractivity contribution in [1.29, 1.82) is 0 Å². The summed E-state index contributed by atoms with van der Waals surface area (Å²) in [6, 6.07) is 4.36. The van der Waals surface area contributed by atoms with Crippen LogP contribution in [0.4, 0.5) is 22.0 Å². The van der Waals surface area contributed by atoms with Gasteiger partial charge in [0.25, 0.3) is 0 Å². The quantitative estimate of drug-likeness (QED) is 0.206. The minimum absolute atomic E-state index is 0.133. The average Bonchev–Trinajstić information content (AvgIpc) is 3.10. The number of fused-ring (bicyclic) bond motifs is 1. The lowest BCUT2D eigenvalue weighted by atomic mass is 9.82. The van der Waals surface area contributed by atoms with Crippen molar-refractivity contribution in [2.24, 2.45) is 17.4 Å². The highest BCUT2D eigenvalue weighted by atomic mass is 28.3. The molecule has 0 saturated heterocycles. The molecule has 204 valence electrons. The van der Waals surface area contributed by atoms with Gasteiger partial charge in [-0.1, -0.05) is 32.6 Å². The smallest absolute Gasteiger partial charge is 0.361 e. The molecular formula is C25H39F5N4OSi. The fourth-order valence-electron chi connectivity index (χ4n) is 4.79. The van der Waals surface area contributed by atoms with E-state index in [1.807, 2.05) is 0 Å². The van der Waals surface area contributed by atoms with Crippen LogP contribution in [0, 0.1) is 5.92 Å². The van der Waals surface area contributed by atoms with Crippen molar-refractivity contribution in [3.63, 3.8) is 0 Å². The SMILES string of the molecule is C[C@H](c1ccc2nc([C@@H](N)[C@@H]3CCCC(F)(F)C3)n(COCC[Si](C)(C)C)c2c1)C(N)CC(F)(F)F. The molecule has 3 rings (SSSR count). The molecule has 0 aliphatic heterocycles. The van der Waals surface area contributed by atoms with E-state index < -0.39 is 50.5 Å². The number of imidazole rings is 1. The summed E-state index contributed by atoms with van der Waals surface area (Å²) < 4.78 is 74.8. The van der Waals surface area contributed by atoms with Crippen molar-refractivity contribution in [3.8, 4) is 0 Å². The summed E-state index contributed by atoms with van der Waals surface area (Å²) in [5.74, 6) is -3.26. The number of benzene rings is 1. The molecule has 1 aromatic heterocycles. The maximum Gasteiger partial charge on any atom is 0.390 e. The molecule has 5 nitrogen and oxygen atoms in total. The average molecular weight is 535 g/mol. The number of ether oxygens (including phenoxy) is 1. The van der Waals surface area contributed by atoms with E-state index in [9.17, 15) is 22.0 Å². The summed E-state index contributed by atoms with van der Waals surface area (Å²) in [4.78, 5) is 4.68. The third-order valence-electron chi connectivity index (χ3n) is 7.14. The van der Waals surface area contributed by atoms with E-state index in [-0.39, 0.29) is 19.6 Å². The van der Waals surface area contributed by atoms with Crippen LogP contribution in [0.15, 0.2) is 18.2 Å². The Kier molecular flexibility index (Phi) is 8.90. The molecule has 0 spiro atoms. The maximum absolute atomic E-state index is 14.1. The van der Waals surface area contributed by atoms with E-state index in [0.717, 1.165) is 6.04 Å². The first-order valence-electron chi connectivity index (χ1n) is 12.6. The number of halogens is 5. The van der Waals surface area contributed by atoms with Crippen LogP contribution in [0.2, 0.25) is 25.7 Å². The Labute approximate surface area is 210 Å². The molecule has 1 aliphatic rings. The van der Waals surface area contributed by atoms with Gasteiger partial charge in [-0.3, -0.25) is 0 Å². The van der Waals surface area contributed by atoms with Gasteiger partial charge in [0, 0.05) is 33.6 Å². The number of hydrogen-bond acceptors (Lipinski definition) is 4. The van der Waals surface area contributed by atoms with Gasteiger partial charge >= 0.3 is 6.18 Å². The van der Waals surface area contributed by atoms with Crippen molar-refractivity contribution in [2.75, 3.05) is 6.61 Å². The predicted octanol–water partition coefficient (Wildman–Crippen LogP) is 6.56. The molecule has 4 atom stereocenters. The Bertz CT molecular complexity index is 1020. The summed E-state index contributed by atoms with van der Waals surface area (Å²) in [5, 5.41) is 0. The minimum atomic E-state index is -4.36. The standard InChI is InChI=1S/C25H39F5N4OSi/c1-16(19(31)14-25(28,29)30)17-7-8-20-21(12-17)34(15-35-10-11-36(2,3)4)23(33-20)22(32)18-6-5-9-24(26,27)13-18/h7-8,12,16,18-19,22H,5-6,9-11,13-15,31-32H2,1-4H3/t16-,18-,19?,22+/m1/s1. The van der Waals surface area contributed by atoms with Gasteiger partial charge in [0.2, 0.25) is 5.92 Å². The van der Waals surface area contributed by atoms with Crippen LogP contribution >= 0.6 is 0 Å². The lowest BCUT2D eigenvalue weighted by Crippen LogP contribution is -2.34. The number of nitrogens with two attached hydrogens (primary N) is 2. The number of hydrogen-bond donors (Lipinski definition) is 2. The molecule has 11 heteroatoms. The molecular weight excluding hydrogens is 495 g/mol.